The Balaban J connectivity index is 2.15. The maximum Gasteiger partial charge on any atom is 0.345 e. The molecule has 2 rings (SSSR count). The number of amides is 2. The molecule has 1 spiro atoms. The van der Waals surface area contributed by atoms with Crippen LogP contribution in [0.2, 0.25) is 0 Å². The molecule has 0 saturated heterocycles. The summed E-state index contributed by atoms with van der Waals surface area (Å²) in [7, 11) is 1.84. The van der Waals surface area contributed by atoms with Crippen LogP contribution in [0.1, 0.15) is 46.0 Å². The van der Waals surface area contributed by atoms with Gasteiger partial charge in [-0.25, -0.2) is 4.79 Å². The number of likely N-dealkylation sites (N-methyl/N-ethyl adjacent to an activating group) is 1. The standard InChI is InChI=1S/C13H23N3O/c1-9(2)7-10-5-4-6-13(8-10)11(14)15-12(17)16(13)3/h9-10H,4-8H2,1-3H3,(H2,14,15,17). The maximum atomic E-state index is 11.6. The third-order valence-corrected chi connectivity index (χ3v) is 4.26. The zero-order chi connectivity index (χ0) is 12.6. The number of hydrogen-bond donors (Lipinski definition) is 1. The monoisotopic (exact) mass is 237 g/mol. The number of rotatable bonds is 2. The summed E-state index contributed by atoms with van der Waals surface area (Å²) in [6.07, 6.45) is 5.58. The minimum Gasteiger partial charge on any atom is -0.385 e. The lowest BCUT2D eigenvalue weighted by atomic mass is 9.72. The second-order valence-corrected chi connectivity index (χ2v) is 5.96. The van der Waals surface area contributed by atoms with Gasteiger partial charge in [0, 0.05) is 7.05 Å². The molecular formula is C13H23N3O. The van der Waals surface area contributed by atoms with E-state index in [1.807, 2.05) is 7.05 Å². The summed E-state index contributed by atoms with van der Waals surface area (Å²) in [4.78, 5) is 17.3. The van der Waals surface area contributed by atoms with Crippen molar-refractivity contribution in [2.24, 2.45) is 22.6 Å². The van der Waals surface area contributed by atoms with E-state index in [9.17, 15) is 4.79 Å². The van der Waals surface area contributed by atoms with Crippen LogP contribution in [0.3, 0.4) is 0 Å². The summed E-state index contributed by atoms with van der Waals surface area (Å²) in [5.74, 6) is 1.92. The van der Waals surface area contributed by atoms with Crippen LogP contribution in [0.15, 0.2) is 4.99 Å². The molecular weight excluding hydrogens is 214 g/mol. The Bertz CT molecular complexity index is 351. The number of aliphatic imine (C=N–C) groups is 1. The van der Waals surface area contributed by atoms with Crippen molar-refractivity contribution >= 4 is 11.9 Å². The molecule has 1 aliphatic heterocycles. The lowest BCUT2D eigenvalue weighted by Crippen LogP contribution is -2.55. The summed E-state index contributed by atoms with van der Waals surface area (Å²) in [6.45, 7) is 4.50. The van der Waals surface area contributed by atoms with Crippen LogP contribution in [0.25, 0.3) is 0 Å². The van der Waals surface area contributed by atoms with E-state index in [1.165, 1.54) is 12.8 Å². The fourth-order valence-electron chi connectivity index (χ4n) is 3.41. The number of hydrogen-bond acceptors (Lipinski definition) is 2. The zero-order valence-corrected chi connectivity index (χ0v) is 11.1. The average molecular weight is 237 g/mol. The van der Waals surface area contributed by atoms with Gasteiger partial charge in [-0.05, 0) is 31.1 Å². The molecule has 1 saturated carbocycles. The highest BCUT2D eigenvalue weighted by molar-refractivity contribution is 6.05. The van der Waals surface area contributed by atoms with Gasteiger partial charge >= 0.3 is 6.03 Å². The Kier molecular flexibility index (Phi) is 3.15. The van der Waals surface area contributed by atoms with Crippen molar-refractivity contribution in [1.29, 1.82) is 0 Å². The molecule has 0 aromatic heterocycles. The average Bonchev–Trinajstić information content (AvgIpc) is 2.43. The fourth-order valence-corrected chi connectivity index (χ4v) is 3.41. The van der Waals surface area contributed by atoms with Gasteiger partial charge in [0.25, 0.3) is 0 Å². The molecule has 2 atom stereocenters. The van der Waals surface area contributed by atoms with Crippen LogP contribution in [-0.2, 0) is 0 Å². The molecule has 0 aromatic rings. The zero-order valence-electron chi connectivity index (χ0n) is 11.1. The summed E-state index contributed by atoms with van der Waals surface area (Å²) in [5.41, 5.74) is 5.74. The Labute approximate surface area is 103 Å². The number of carbonyl (C=O) groups is 1. The Morgan fingerprint density at radius 2 is 2.29 bits per heavy atom. The first-order chi connectivity index (χ1) is 7.95. The molecule has 4 heteroatoms. The van der Waals surface area contributed by atoms with Crippen molar-refractivity contribution in [2.75, 3.05) is 7.05 Å². The SMILES string of the molecule is CC(C)CC1CCCC2(C1)C(N)=NC(=O)N2C. The highest BCUT2D eigenvalue weighted by Crippen LogP contribution is 2.41. The van der Waals surface area contributed by atoms with Crippen LogP contribution in [0.4, 0.5) is 4.79 Å². The number of nitrogens with zero attached hydrogens (tertiary/aromatic N) is 2. The normalized spacial score (nSPS) is 33.6. The van der Waals surface area contributed by atoms with E-state index in [4.69, 9.17) is 5.73 Å². The summed E-state index contributed by atoms with van der Waals surface area (Å²) < 4.78 is 0. The van der Waals surface area contributed by atoms with Gasteiger partial charge in [0.15, 0.2) is 0 Å². The molecule has 2 amide bonds. The van der Waals surface area contributed by atoms with Crippen molar-refractivity contribution in [1.82, 2.24) is 4.90 Å². The minimum atomic E-state index is -0.269. The number of amidine groups is 1. The van der Waals surface area contributed by atoms with Crippen LogP contribution in [0.5, 0.6) is 0 Å². The van der Waals surface area contributed by atoms with Gasteiger partial charge in [-0.1, -0.05) is 26.7 Å². The van der Waals surface area contributed by atoms with Crippen LogP contribution in [0, 0.1) is 11.8 Å². The molecule has 17 heavy (non-hydrogen) atoms. The predicted octanol–water partition coefficient (Wildman–Crippen LogP) is 2.38. The van der Waals surface area contributed by atoms with Crippen molar-refractivity contribution < 1.29 is 4.79 Å². The molecule has 2 aliphatic rings. The maximum absolute atomic E-state index is 11.6. The predicted molar refractivity (Wildman–Crippen MR) is 68.9 cm³/mol. The van der Waals surface area contributed by atoms with E-state index < -0.39 is 0 Å². The first-order valence-electron chi connectivity index (χ1n) is 6.58. The molecule has 0 radical (unpaired) electrons. The largest absolute Gasteiger partial charge is 0.385 e. The summed E-state index contributed by atoms with van der Waals surface area (Å²) in [6, 6.07) is -0.173. The molecule has 1 heterocycles. The third-order valence-electron chi connectivity index (χ3n) is 4.26. The van der Waals surface area contributed by atoms with E-state index >= 15 is 0 Å². The van der Waals surface area contributed by atoms with Crippen LogP contribution >= 0.6 is 0 Å². The second-order valence-electron chi connectivity index (χ2n) is 5.96. The van der Waals surface area contributed by atoms with Crippen LogP contribution in [-0.4, -0.2) is 29.4 Å². The first-order valence-corrected chi connectivity index (χ1v) is 6.58. The number of urea groups is 1. The fraction of sp³-hybridized carbons (Fsp3) is 0.846. The molecule has 1 fully saturated rings. The first kappa shape index (κ1) is 12.4. The molecule has 96 valence electrons. The Morgan fingerprint density at radius 1 is 1.59 bits per heavy atom. The topological polar surface area (TPSA) is 58.7 Å². The number of nitrogens with two attached hydrogens (primary N) is 1. The molecule has 1 aliphatic carbocycles. The van der Waals surface area contributed by atoms with Gasteiger partial charge < -0.3 is 10.6 Å². The lowest BCUT2D eigenvalue weighted by molar-refractivity contribution is 0.131. The highest BCUT2D eigenvalue weighted by Gasteiger charge is 2.48. The van der Waals surface area contributed by atoms with E-state index in [-0.39, 0.29) is 11.6 Å². The van der Waals surface area contributed by atoms with Gasteiger partial charge in [0.05, 0.1) is 0 Å². The van der Waals surface area contributed by atoms with Crippen molar-refractivity contribution in [3.63, 3.8) is 0 Å². The van der Waals surface area contributed by atoms with E-state index in [0.29, 0.717) is 17.7 Å². The lowest BCUT2D eigenvalue weighted by Gasteiger charge is -2.42. The van der Waals surface area contributed by atoms with Gasteiger partial charge in [0.2, 0.25) is 0 Å². The van der Waals surface area contributed by atoms with Crippen LogP contribution < -0.4 is 5.73 Å². The van der Waals surface area contributed by atoms with Gasteiger partial charge in [0.1, 0.15) is 11.4 Å². The molecule has 4 nitrogen and oxygen atoms in total. The Hall–Kier alpha value is -1.06. The summed E-state index contributed by atoms with van der Waals surface area (Å²) >= 11 is 0. The van der Waals surface area contributed by atoms with Crippen molar-refractivity contribution in [2.45, 2.75) is 51.5 Å². The second kappa shape index (κ2) is 4.31. The third kappa shape index (κ3) is 2.05. The number of carbonyl (C=O) groups excluding carboxylic acids is 1. The van der Waals surface area contributed by atoms with Gasteiger partial charge in [-0.15, -0.1) is 0 Å². The smallest absolute Gasteiger partial charge is 0.345 e. The Morgan fingerprint density at radius 3 is 2.82 bits per heavy atom. The quantitative estimate of drug-likeness (QED) is 0.801. The molecule has 0 aromatic carbocycles. The van der Waals surface area contributed by atoms with Gasteiger partial charge in [-0.3, -0.25) is 0 Å². The molecule has 2 unspecified atom stereocenters. The summed E-state index contributed by atoms with van der Waals surface area (Å²) in [5, 5.41) is 0. The molecule has 0 bridgehead atoms. The van der Waals surface area contributed by atoms with E-state index in [1.54, 1.807) is 4.90 Å². The van der Waals surface area contributed by atoms with E-state index in [0.717, 1.165) is 19.3 Å². The highest BCUT2D eigenvalue weighted by atomic mass is 16.2. The van der Waals surface area contributed by atoms with Gasteiger partial charge in [-0.2, -0.15) is 4.99 Å². The van der Waals surface area contributed by atoms with Crippen molar-refractivity contribution in [3.05, 3.63) is 0 Å². The van der Waals surface area contributed by atoms with Crippen molar-refractivity contribution in [3.8, 4) is 0 Å². The minimum absolute atomic E-state index is 0.173. The molecule has 2 N–H and O–H groups in total. The van der Waals surface area contributed by atoms with E-state index in [2.05, 4.69) is 18.8 Å².